The third-order valence-electron chi connectivity index (χ3n) is 2.37. The van der Waals surface area contributed by atoms with E-state index in [1.54, 1.807) is 0 Å². The molecule has 0 aromatic carbocycles. The summed E-state index contributed by atoms with van der Waals surface area (Å²) >= 11 is 0. The van der Waals surface area contributed by atoms with Crippen molar-refractivity contribution in [2.75, 3.05) is 0 Å². The maximum atomic E-state index is 9.64. The molecule has 0 radical (unpaired) electrons. The largest absolute Gasteiger partial charge is 0.393 e. The molecule has 0 rings (SSSR count). The van der Waals surface area contributed by atoms with E-state index in [2.05, 4.69) is 27.7 Å². The maximum Gasteiger partial charge on any atom is 0.0540 e. The van der Waals surface area contributed by atoms with Crippen LogP contribution in [-0.2, 0) is 0 Å². The topological polar surface area (TPSA) is 20.2 Å². The second-order valence-corrected chi connectivity index (χ2v) is 5.25. The van der Waals surface area contributed by atoms with Crippen LogP contribution in [0.1, 0.15) is 66.2 Å². The molecule has 0 aromatic heterocycles. The van der Waals surface area contributed by atoms with Crippen molar-refractivity contribution in [1.82, 2.24) is 0 Å². The summed E-state index contributed by atoms with van der Waals surface area (Å²) in [4.78, 5) is 0. The molecule has 0 amide bonds. The van der Waals surface area contributed by atoms with Gasteiger partial charge in [0.1, 0.15) is 0 Å². The molecule has 1 unspecified atom stereocenters. The average molecular weight is 186 g/mol. The zero-order valence-electron chi connectivity index (χ0n) is 9.77. The maximum absolute atomic E-state index is 9.64. The van der Waals surface area contributed by atoms with Crippen LogP contribution in [0.4, 0.5) is 0 Å². The van der Waals surface area contributed by atoms with Crippen LogP contribution >= 0.6 is 0 Å². The van der Waals surface area contributed by atoms with Crippen LogP contribution in [0.15, 0.2) is 0 Å². The first-order chi connectivity index (χ1) is 5.95. The standard InChI is InChI=1S/C12H26O/c1-5-6-7-8-11(13)9-10-12(2,3)4/h11,13H,5-10H2,1-4H3. The second-order valence-electron chi connectivity index (χ2n) is 5.25. The molecule has 1 heteroatoms. The fourth-order valence-corrected chi connectivity index (χ4v) is 1.37. The van der Waals surface area contributed by atoms with Crippen molar-refractivity contribution >= 4 is 0 Å². The van der Waals surface area contributed by atoms with Crippen LogP contribution in [0.5, 0.6) is 0 Å². The molecule has 0 saturated heterocycles. The van der Waals surface area contributed by atoms with Gasteiger partial charge in [0.15, 0.2) is 0 Å². The molecule has 0 heterocycles. The highest BCUT2D eigenvalue weighted by atomic mass is 16.3. The van der Waals surface area contributed by atoms with Gasteiger partial charge in [-0.05, 0) is 24.7 Å². The second kappa shape index (κ2) is 6.42. The SMILES string of the molecule is CCCCCC(O)CCC(C)(C)C. The molecule has 1 N–H and O–H groups in total. The minimum Gasteiger partial charge on any atom is -0.393 e. The van der Waals surface area contributed by atoms with Crippen LogP contribution < -0.4 is 0 Å². The molecular formula is C12H26O. The Labute approximate surface area is 83.5 Å². The van der Waals surface area contributed by atoms with Gasteiger partial charge in [0.05, 0.1) is 6.10 Å². The summed E-state index contributed by atoms with van der Waals surface area (Å²) in [6, 6.07) is 0. The Morgan fingerprint density at radius 2 is 1.69 bits per heavy atom. The zero-order chi connectivity index (χ0) is 10.3. The fraction of sp³-hybridized carbons (Fsp3) is 1.00. The number of rotatable bonds is 6. The van der Waals surface area contributed by atoms with Gasteiger partial charge in [0.2, 0.25) is 0 Å². The number of aliphatic hydroxyl groups is 1. The molecule has 0 aliphatic rings. The summed E-state index contributed by atoms with van der Waals surface area (Å²) in [6.45, 7) is 8.88. The molecular weight excluding hydrogens is 160 g/mol. The van der Waals surface area contributed by atoms with Gasteiger partial charge in [-0.3, -0.25) is 0 Å². The van der Waals surface area contributed by atoms with E-state index in [4.69, 9.17) is 0 Å². The molecule has 0 aromatic rings. The average Bonchev–Trinajstić information content (AvgIpc) is 2.00. The summed E-state index contributed by atoms with van der Waals surface area (Å²) in [5.41, 5.74) is 0.367. The summed E-state index contributed by atoms with van der Waals surface area (Å²) in [5, 5.41) is 9.64. The van der Waals surface area contributed by atoms with Gasteiger partial charge in [-0.2, -0.15) is 0 Å². The molecule has 0 aliphatic carbocycles. The third-order valence-corrected chi connectivity index (χ3v) is 2.37. The Bertz CT molecular complexity index is 113. The first kappa shape index (κ1) is 13.0. The minimum atomic E-state index is -0.0641. The smallest absolute Gasteiger partial charge is 0.0540 e. The van der Waals surface area contributed by atoms with Crippen LogP contribution in [-0.4, -0.2) is 11.2 Å². The van der Waals surface area contributed by atoms with E-state index < -0.39 is 0 Å². The lowest BCUT2D eigenvalue weighted by Crippen LogP contribution is -2.12. The quantitative estimate of drug-likeness (QED) is 0.626. The first-order valence-electron chi connectivity index (χ1n) is 5.64. The molecule has 1 atom stereocenters. The van der Waals surface area contributed by atoms with Crippen molar-refractivity contribution in [3.8, 4) is 0 Å². The fourth-order valence-electron chi connectivity index (χ4n) is 1.37. The van der Waals surface area contributed by atoms with Crippen molar-refractivity contribution in [2.45, 2.75) is 72.3 Å². The molecule has 0 saturated carbocycles. The van der Waals surface area contributed by atoms with Gasteiger partial charge in [0.25, 0.3) is 0 Å². The van der Waals surface area contributed by atoms with Gasteiger partial charge in [0, 0.05) is 0 Å². The lowest BCUT2D eigenvalue weighted by molar-refractivity contribution is 0.133. The Morgan fingerprint density at radius 1 is 1.08 bits per heavy atom. The summed E-state index contributed by atoms with van der Waals surface area (Å²) in [5.74, 6) is 0. The summed E-state index contributed by atoms with van der Waals surface area (Å²) in [6.07, 6.45) is 6.70. The normalized spacial score (nSPS) is 14.5. The van der Waals surface area contributed by atoms with Crippen molar-refractivity contribution in [2.24, 2.45) is 5.41 Å². The van der Waals surface area contributed by atoms with Crippen molar-refractivity contribution in [3.05, 3.63) is 0 Å². The van der Waals surface area contributed by atoms with Crippen LogP contribution in [0, 0.1) is 5.41 Å². The van der Waals surface area contributed by atoms with Gasteiger partial charge < -0.3 is 5.11 Å². The predicted molar refractivity (Wildman–Crippen MR) is 58.8 cm³/mol. The molecule has 0 fully saturated rings. The Morgan fingerprint density at radius 3 is 2.15 bits per heavy atom. The number of hydrogen-bond acceptors (Lipinski definition) is 1. The number of unbranched alkanes of at least 4 members (excludes halogenated alkanes) is 2. The number of aliphatic hydroxyl groups excluding tert-OH is 1. The molecule has 13 heavy (non-hydrogen) atoms. The molecule has 0 aliphatic heterocycles. The van der Waals surface area contributed by atoms with Crippen LogP contribution in [0.25, 0.3) is 0 Å². The number of hydrogen-bond donors (Lipinski definition) is 1. The van der Waals surface area contributed by atoms with E-state index >= 15 is 0 Å². The van der Waals surface area contributed by atoms with E-state index in [1.807, 2.05) is 0 Å². The van der Waals surface area contributed by atoms with Gasteiger partial charge >= 0.3 is 0 Å². The van der Waals surface area contributed by atoms with E-state index in [9.17, 15) is 5.11 Å². The van der Waals surface area contributed by atoms with Crippen LogP contribution in [0.2, 0.25) is 0 Å². The van der Waals surface area contributed by atoms with E-state index in [0.717, 1.165) is 19.3 Å². The molecule has 0 spiro atoms. The van der Waals surface area contributed by atoms with Gasteiger partial charge in [-0.15, -0.1) is 0 Å². The van der Waals surface area contributed by atoms with E-state index in [1.165, 1.54) is 19.3 Å². The Balaban J connectivity index is 3.35. The molecule has 0 bridgehead atoms. The van der Waals surface area contributed by atoms with Gasteiger partial charge in [-0.1, -0.05) is 47.0 Å². The molecule has 80 valence electrons. The Hall–Kier alpha value is -0.0400. The zero-order valence-corrected chi connectivity index (χ0v) is 9.77. The third kappa shape index (κ3) is 9.88. The summed E-state index contributed by atoms with van der Waals surface area (Å²) in [7, 11) is 0. The van der Waals surface area contributed by atoms with Crippen molar-refractivity contribution < 1.29 is 5.11 Å². The monoisotopic (exact) mass is 186 g/mol. The van der Waals surface area contributed by atoms with E-state index in [0.29, 0.717) is 5.41 Å². The minimum absolute atomic E-state index is 0.0641. The highest BCUT2D eigenvalue weighted by Crippen LogP contribution is 2.22. The highest BCUT2D eigenvalue weighted by molar-refractivity contribution is 4.65. The Kier molecular flexibility index (Phi) is 6.40. The molecule has 1 nitrogen and oxygen atoms in total. The van der Waals surface area contributed by atoms with Gasteiger partial charge in [-0.25, -0.2) is 0 Å². The summed E-state index contributed by atoms with van der Waals surface area (Å²) < 4.78 is 0. The lowest BCUT2D eigenvalue weighted by atomic mass is 9.88. The lowest BCUT2D eigenvalue weighted by Gasteiger charge is -2.20. The predicted octanol–water partition coefficient (Wildman–Crippen LogP) is 3.75. The first-order valence-corrected chi connectivity index (χ1v) is 5.64. The highest BCUT2D eigenvalue weighted by Gasteiger charge is 2.12. The van der Waals surface area contributed by atoms with Crippen LogP contribution in [0.3, 0.4) is 0 Å². The van der Waals surface area contributed by atoms with Crippen molar-refractivity contribution in [3.63, 3.8) is 0 Å². The van der Waals surface area contributed by atoms with Crippen molar-refractivity contribution in [1.29, 1.82) is 0 Å². The van der Waals surface area contributed by atoms with E-state index in [-0.39, 0.29) is 6.10 Å².